The van der Waals surface area contributed by atoms with Crippen molar-refractivity contribution in [2.24, 2.45) is 0 Å². The molecule has 2 rings (SSSR count). The highest BCUT2D eigenvalue weighted by Crippen LogP contribution is 2.21. The van der Waals surface area contributed by atoms with Gasteiger partial charge in [-0.25, -0.2) is 8.42 Å². The Morgan fingerprint density at radius 3 is 2.28 bits per heavy atom. The maximum atomic E-state index is 11.5. The summed E-state index contributed by atoms with van der Waals surface area (Å²) < 4.78 is 23.0. The molecule has 4 heteroatoms. The van der Waals surface area contributed by atoms with Gasteiger partial charge in [-0.2, -0.15) is 0 Å². The molecule has 1 heterocycles. The SMILES string of the molecule is CCc1ccc(-c2cncc(S(C)(=O)=O)c2)cc1. The van der Waals surface area contributed by atoms with Crippen molar-refractivity contribution in [2.75, 3.05) is 6.26 Å². The summed E-state index contributed by atoms with van der Waals surface area (Å²) in [6, 6.07) is 9.72. The molecule has 0 atom stereocenters. The number of benzene rings is 1. The quantitative estimate of drug-likeness (QED) is 0.853. The molecule has 18 heavy (non-hydrogen) atoms. The Hall–Kier alpha value is -1.68. The lowest BCUT2D eigenvalue weighted by Crippen LogP contribution is -1.98. The monoisotopic (exact) mass is 261 g/mol. The van der Waals surface area contributed by atoms with Crippen LogP contribution in [-0.2, 0) is 16.3 Å². The molecule has 0 aliphatic rings. The minimum atomic E-state index is -3.21. The number of hydrogen-bond acceptors (Lipinski definition) is 3. The summed E-state index contributed by atoms with van der Waals surface area (Å²) in [6.45, 7) is 2.10. The predicted octanol–water partition coefficient (Wildman–Crippen LogP) is 2.71. The van der Waals surface area contributed by atoms with Gasteiger partial charge in [0.05, 0.1) is 4.90 Å². The first-order valence-corrected chi connectivity index (χ1v) is 7.64. The third kappa shape index (κ3) is 2.76. The highest BCUT2D eigenvalue weighted by Gasteiger charge is 2.08. The molecule has 0 unspecified atom stereocenters. The average Bonchev–Trinajstić information content (AvgIpc) is 2.38. The molecule has 0 spiro atoms. The van der Waals surface area contributed by atoms with Gasteiger partial charge < -0.3 is 0 Å². The normalized spacial score (nSPS) is 11.4. The summed E-state index contributed by atoms with van der Waals surface area (Å²) in [6.07, 6.45) is 5.23. The molecule has 0 aliphatic carbocycles. The second-order valence-electron chi connectivity index (χ2n) is 4.23. The maximum Gasteiger partial charge on any atom is 0.177 e. The summed E-state index contributed by atoms with van der Waals surface area (Å²) >= 11 is 0. The Kier molecular flexibility index (Phi) is 3.48. The zero-order valence-electron chi connectivity index (χ0n) is 10.4. The topological polar surface area (TPSA) is 47.0 Å². The van der Waals surface area contributed by atoms with Gasteiger partial charge in [-0.3, -0.25) is 4.98 Å². The summed E-state index contributed by atoms with van der Waals surface area (Å²) in [5.74, 6) is 0. The third-order valence-corrected chi connectivity index (χ3v) is 3.92. The van der Waals surface area contributed by atoms with Gasteiger partial charge in [0, 0.05) is 24.2 Å². The molecule has 2 aromatic rings. The van der Waals surface area contributed by atoms with Crippen molar-refractivity contribution in [1.82, 2.24) is 4.98 Å². The largest absolute Gasteiger partial charge is 0.263 e. The van der Waals surface area contributed by atoms with Gasteiger partial charge in [-0.05, 0) is 23.6 Å². The molecule has 0 bridgehead atoms. The first kappa shape index (κ1) is 12.8. The van der Waals surface area contributed by atoms with E-state index in [9.17, 15) is 8.42 Å². The molecular formula is C14H15NO2S. The van der Waals surface area contributed by atoms with E-state index in [4.69, 9.17) is 0 Å². The van der Waals surface area contributed by atoms with Crippen LogP contribution in [0.5, 0.6) is 0 Å². The molecule has 0 fully saturated rings. The molecule has 94 valence electrons. The second-order valence-corrected chi connectivity index (χ2v) is 6.25. The number of hydrogen-bond donors (Lipinski definition) is 0. The number of rotatable bonds is 3. The number of aromatic nitrogens is 1. The molecule has 1 aromatic carbocycles. The highest BCUT2D eigenvalue weighted by molar-refractivity contribution is 7.90. The zero-order valence-corrected chi connectivity index (χ0v) is 11.2. The highest BCUT2D eigenvalue weighted by atomic mass is 32.2. The van der Waals surface area contributed by atoms with Gasteiger partial charge in [0.15, 0.2) is 9.84 Å². The summed E-state index contributed by atoms with van der Waals surface area (Å²) in [7, 11) is -3.21. The van der Waals surface area contributed by atoms with E-state index in [0.29, 0.717) is 0 Å². The van der Waals surface area contributed by atoms with Crippen LogP contribution in [0.15, 0.2) is 47.6 Å². The molecule has 3 nitrogen and oxygen atoms in total. The second kappa shape index (κ2) is 4.90. The van der Waals surface area contributed by atoms with Gasteiger partial charge in [-0.1, -0.05) is 31.2 Å². The third-order valence-electron chi connectivity index (χ3n) is 2.84. The van der Waals surface area contributed by atoms with Crippen LogP contribution in [-0.4, -0.2) is 19.7 Å². The standard InChI is InChI=1S/C14H15NO2S/c1-3-11-4-6-12(7-5-11)13-8-14(10-15-9-13)18(2,16)17/h4-10H,3H2,1-2H3. The molecule has 0 amide bonds. The van der Waals surface area contributed by atoms with Crippen LogP contribution in [0.1, 0.15) is 12.5 Å². The van der Waals surface area contributed by atoms with Gasteiger partial charge in [0.25, 0.3) is 0 Å². The number of nitrogens with zero attached hydrogens (tertiary/aromatic N) is 1. The minimum absolute atomic E-state index is 0.250. The number of pyridine rings is 1. The van der Waals surface area contributed by atoms with E-state index in [1.165, 1.54) is 18.0 Å². The molecule has 0 N–H and O–H groups in total. The Morgan fingerprint density at radius 2 is 1.72 bits per heavy atom. The summed E-state index contributed by atoms with van der Waals surface area (Å²) in [5.41, 5.74) is 3.05. The van der Waals surface area contributed by atoms with Gasteiger partial charge >= 0.3 is 0 Å². The molecule has 0 saturated carbocycles. The Morgan fingerprint density at radius 1 is 1.06 bits per heavy atom. The van der Waals surface area contributed by atoms with E-state index in [2.05, 4.69) is 11.9 Å². The predicted molar refractivity (Wildman–Crippen MR) is 72.2 cm³/mol. The van der Waals surface area contributed by atoms with Crippen molar-refractivity contribution < 1.29 is 8.42 Å². The van der Waals surface area contributed by atoms with Crippen LogP contribution in [0.3, 0.4) is 0 Å². The van der Waals surface area contributed by atoms with E-state index in [1.54, 1.807) is 12.3 Å². The van der Waals surface area contributed by atoms with E-state index in [-0.39, 0.29) is 4.90 Å². The lowest BCUT2D eigenvalue weighted by molar-refractivity contribution is 0.601. The van der Waals surface area contributed by atoms with Crippen molar-refractivity contribution >= 4 is 9.84 Å². The van der Waals surface area contributed by atoms with E-state index >= 15 is 0 Å². The lowest BCUT2D eigenvalue weighted by atomic mass is 10.0. The van der Waals surface area contributed by atoms with Crippen molar-refractivity contribution in [2.45, 2.75) is 18.2 Å². The van der Waals surface area contributed by atoms with Crippen LogP contribution in [0.2, 0.25) is 0 Å². The Balaban J connectivity index is 2.44. The van der Waals surface area contributed by atoms with Crippen LogP contribution < -0.4 is 0 Å². The average molecular weight is 261 g/mol. The molecule has 0 saturated heterocycles. The molecular weight excluding hydrogens is 246 g/mol. The van der Waals surface area contributed by atoms with Crippen LogP contribution >= 0.6 is 0 Å². The fourth-order valence-electron chi connectivity index (χ4n) is 1.71. The molecule has 1 aromatic heterocycles. The first-order chi connectivity index (χ1) is 8.50. The lowest BCUT2D eigenvalue weighted by Gasteiger charge is -2.04. The summed E-state index contributed by atoms with van der Waals surface area (Å²) in [4.78, 5) is 4.24. The van der Waals surface area contributed by atoms with Gasteiger partial charge in [-0.15, -0.1) is 0 Å². The number of sulfone groups is 1. The van der Waals surface area contributed by atoms with Crippen LogP contribution in [0, 0.1) is 0 Å². The maximum absolute atomic E-state index is 11.5. The molecule has 0 radical (unpaired) electrons. The van der Waals surface area contributed by atoms with E-state index in [1.807, 2.05) is 24.3 Å². The van der Waals surface area contributed by atoms with Gasteiger partial charge in [0.1, 0.15) is 0 Å². The van der Waals surface area contributed by atoms with Crippen molar-refractivity contribution in [3.8, 4) is 11.1 Å². The smallest absolute Gasteiger partial charge is 0.177 e. The van der Waals surface area contributed by atoms with Crippen molar-refractivity contribution in [1.29, 1.82) is 0 Å². The Bertz CT molecular complexity index is 646. The summed E-state index contributed by atoms with van der Waals surface area (Å²) in [5, 5.41) is 0. The van der Waals surface area contributed by atoms with Crippen molar-refractivity contribution in [3.05, 3.63) is 48.3 Å². The minimum Gasteiger partial charge on any atom is -0.263 e. The zero-order chi connectivity index (χ0) is 13.2. The molecule has 0 aliphatic heterocycles. The van der Waals surface area contributed by atoms with Crippen LogP contribution in [0.4, 0.5) is 0 Å². The van der Waals surface area contributed by atoms with Gasteiger partial charge in [0.2, 0.25) is 0 Å². The fraction of sp³-hybridized carbons (Fsp3) is 0.214. The van der Waals surface area contributed by atoms with E-state index in [0.717, 1.165) is 17.5 Å². The number of aryl methyl sites for hydroxylation is 1. The first-order valence-electron chi connectivity index (χ1n) is 5.75. The van der Waals surface area contributed by atoms with Crippen molar-refractivity contribution in [3.63, 3.8) is 0 Å². The fourth-order valence-corrected chi connectivity index (χ4v) is 2.31. The van der Waals surface area contributed by atoms with Crippen LogP contribution in [0.25, 0.3) is 11.1 Å². The van der Waals surface area contributed by atoms with E-state index < -0.39 is 9.84 Å². The Labute approximate surface area is 107 Å².